The third-order valence-corrected chi connectivity index (χ3v) is 9.64. The van der Waals surface area contributed by atoms with Gasteiger partial charge in [-0.3, -0.25) is 4.79 Å². The van der Waals surface area contributed by atoms with Gasteiger partial charge in [-0.2, -0.15) is 0 Å². The zero-order chi connectivity index (χ0) is 27.5. The van der Waals surface area contributed by atoms with Gasteiger partial charge in [0.05, 0.1) is 12.9 Å². The van der Waals surface area contributed by atoms with Crippen LogP contribution in [0.3, 0.4) is 0 Å². The van der Waals surface area contributed by atoms with E-state index in [1.54, 1.807) is 28.8 Å². The van der Waals surface area contributed by atoms with E-state index in [1.165, 1.54) is 59.2 Å². The van der Waals surface area contributed by atoms with Crippen molar-refractivity contribution in [1.29, 1.82) is 0 Å². The van der Waals surface area contributed by atoms with Crippen molar-refractivity contribution in [3.05, 3.63) is 56.8 Å². The normalized spacial score (nSPS) is 14.7. The summed E-state index contributed by atoms with van der Waals surface area (Å²) >= 11 is 4.36. The second-order valence-corrected chi connectivity index (χ2v) is 12.3. The molecule has 39 heavy (non-hydrogen) atoms. The highest BCUT2D eigenvalue weighted by Gasteiger charge is 2.26. The van der Waals surface area contributed by atoms with Crippen molar-refractivity contribution in [2.24, 2.45) is 5.92 Å². The SMILES string of the molecule is CCCn1c(SCC(=O)Nc2scc(-c3ccc(F)cc3)c2C(=O)OC)nnc1-c1csc2c1CCC(C)C2. The van der Waals surface area contributed by atoms with Gasteiger partial charge in [-0.15, -0.1) is 32.9 Å². The van der Waals surface area contributed by atoms with Gasteiger partial charge in [-0.25, -0.2) is 9.18 Å². The number of thioether (sulfide) groups is 1. The second-order valence-electron chi connectivity index (χ2n) is 9.55. The van der Waals surface area contributed by atoms with Crippen molar-refractivity contribution in [3.8, 4) is 22.5 Å². The number of carbonyl (C=O) groups is 2. The van der Waals surface area contributed by atoms with E-state index in [2.05, 4.69) is 39.3 Å². The molecule has 3 heterocycles. The zero-order valence-corrected chi connectivity index (χ0v) is 24.4. The Bertz CT molecular complexity index is 1490. The molecule has 1 amide bonds. The smallest absolute Gasteiger partial charge is 0.341 e. The molecule has 5 rings (SSSR count). The monoisotopic (exact) mass is 584 g/mol. The van der Waals surface area contributed by atoms with Crippen molar-refractivity contribution in [2.45, 2.75) is 51.2 Å². The molecule has 0 saturated heterocycles. The molecule has 1 aromatic carbocycles. The number of nitrogens with zero attached hydrogens (tertiary/aromatic N) is 3. The first-order valence-corrected chi connectivity index (χ1v) is 15.5. The molecule has 7 nitrogen and oxygen atoms in total. The molecular formula is C28H29FN4O3S3. The predicted octanol–water partition coefficient (Wildman–Crippen LogP) is 6.93. The topological polar surface area (TPSA) is 86.1 Å². The number of rotatable bonds is 9. The molecule has 0 saturated carbocycles. The van der Waals surface area contributed by atoms with Gasteiger partial charge in [0.2, 0.25) is 5.91 Å². The first-order chi connectivity index (χ1) is 18.9. The molecule has 0 spiro atoms. The molecule has 11 heteroatoms. The summed E-state index contributed by atoms with van der Waals surface area (Å²) < 4.78 is 20.5. The van der Waals surface area contributed by atoms with E-state index in [-0.39, 0.29) is 23.0 Å². The molecule has 1 N–H and O–H groups in total. The van der Waals surface area contributed by atoms with Gasteiger partial charge in [0, 0.05) is 33.3 Å². The van der Waals surface area contributed by atoms with E-state index in [9.17, 15) is 14.0 Å². The van der Waals surface area contributed by atoms with Crippen LogP contribution < -0.4 is 5.32 Å². The van der Waals surface area contributed by atoms with E-state index in [0.29, 0.717) is 27.2 Å². The summed E-state index contributed by atoms with van der Waals surface area (Å²) in [6.45, 7) is 5.17. The van der Waals surface area contributed by atoms with Crippen LogP contribution in [0.25, 0.3) is 22.5 Å². The Hall–Kier alpha value is -3.02. The Morgan fingerprint density at radius 2 is 1.95 bits per heavy atom. The molecule has 1 aliphatic rings. The summed E-state index contributed by atoms with van der Waals surface area (Å²) in [6.07, 6.45) is 4.27. The number of anilines is 1. The Labute approximate surface area is 238 Å². The first-order valence-electron chi connectivity index (χ1n) is 12.8. The number of methoxy groups -OCH3 is 1. The maximum absolute atomic E-state index is 13.4. The highest BCUT2D eigenvalue weighted by atomic mass is 32.2. The van der Waals surface area contributed by atoms with Gasteiger partial charge < -0.3 is 14.6 Å². The standard InChI is InChI=1S/C28H29FN4O3S3/c1-4-11-33-25(21-14-37-22-12-16(2)5-10-19(21)22)31-32-28(33)39-15-23(34)30-26-24(27(35)36-3)20(13-38-26)17-6-8-18(29)9-7-17/h6-9,13-14,16H,4-5,10-12,15H2,1-3H3,(H,30,34). The molecule has 204 valence electrons. The minimum atomic E-state index is -0.570. The van der Waals surface area contributed by atoms with Gasteiger partial charge in [-0.1, -0.05) is 37.7 Å². The summed E-state index contributed by atoms with van der Waals surface area (Å²) in [7, 11) is 1.29. The number of halogens is 1. The minimum absolute atomic E-state index is 0.103. The van der Waals surface area contributed by atoms with Gasteiger partial charge >= 0.3 is 5.97 Å². The van der Waals surface area contributed by atoms with Crippen LogP contribution in [-0.2, 0) is 28.9 Å². The van der Waals surface area contributed by atoms with Crippen molar-refractivity contribution >= 4 is 51.3 Å². The molecule has 0 bridgehead atoms. The minimum Gasteiger partial charge on any atom is -0.465 e. The number of carbonyl (C=O) groups excluding carboxylic acids is 2. The fourth-order valence-corrected chi connectivity index (χ4v) is 7.75. The van der Waals surface area contributed by atoms with Gasteiger partial charge in [-0.05, 0) is 54.9 Å². The lowest BCUT2D eigenvalue weighted by molar-refractivity contribution is -0.113. The summed E-state index contributed by atoms with van der Waals surface area (Å²) in [4.78, 5) is 27.0. The first kappa shape index (κ1) is 27.5. The summed E-state index contributed by atoms with van der Waals surface area (Å²) in [5.74, 6) is 0.461. The average Bonchev–Trinajstić information content (AvgIpc) is 3.64. The lowest BCUT2D eigenvalue weighted by Gasteiger charge is -2.19. The van der Waals surface area contributed by atoms with E-state index in [1.807, 2.05) is 0 Å². The van der Waals surface area contributed by atoms with Crippen molar-refractivity contribution in [1.82, 2.24) is 14.8 Å². The molecule has 0 radical (unpaired) electrons. The highest BCUT2D eigenvalue weighted by Crippen LogP contribution is 2.39. The fraction of sp³-hybridized carbons (Fsp3) is 0.357. The molecule has 0 fully saturated rings. The Kier molecular flexibility index (Phi) is 8.49. The summed E-state index contributed by atoms with van der Waals surface area (Å²) in [6, 6.07) is 5.84. The number of esters is 1. The average molecular weight is 585 g/mol. The number of amides is 1. The molecular weight excluding hydrogens is 556 g/mol. The third-order valence-electron chi connectivity index (χ3n) is 6.73. The van der Waals surface area contributed by atoms with Crippen molar-refractivity contribution in [2.75, 3.05) is 18.2 Å². The van der Waals surface area contributed by atoms with E-state index in [0.717, 1.165) is 37.2 Å². The lowest BCUT2D eigenvalue weighted by Crippen LogP contribution is -2.16. The second kappa shape index (κ2) is 12.0. The van der Waals surface area contributed by atoms with Crippen molar-refractivity contribution < 1.29 is 18.7 Å². The number of thiophene rings is 2. The van der Waals surface area contributed by atoms with Gasteiger partial charge in [0.1, 0.15) is 16.4 Å². The fourth-order valence-electron chi connectivity index (χ4n) is 4.77. The van der Waals surface area contributed by atoms with Crippen LogP contribution in [0.4, 0.5) is 9.39 Å². The maximum atomic E-state index is 13.4. The molecule has 3 aromatic heterocycles. The third kappa shape index (κ3) is 5.80. The summed E-state index contributed by atoms with van der Waals surface area (Å²) in [5.41, 5.74) is 4.04. The molecule has 0 aliphatic heterocycles. The number of nitrogens with one attached hydrogen (secondary N) is 1. The molecule has 1 unspecified atom stereocenters. The van der Waals surface area contributed by atoms with Crippen molar-refractivity contribution in [3.63, 3.8) is 0 Å². The molecule has 1 aliphatic carbocycles. The number of fused-ring (bicyclic) bond motifs is 1. The zero-order valence-electron chi connectivity index (χ0n) is 22.0. The molecule has 1 atom stereocenters. The van der Waals surface area contributed by atoms with E-state index in [4.69, 9.17) is 4.74 Å². The predicted molar refractivity (Wildman–Crippen MR) is 155 cm³/mol. The number of hydrogen-bond donors (Lipinski definition) is 1. The summed E-state index contributed by atoms with van der Waals surface area (Å²) in [5, 5.41) is 16.9. The van der Waals surface area contributed by atoms with E-state index >= 15 is 0 Å². The Morgan fingerprint density at radius 1 is 1.18 bits per heavy atom. The van der Waals surface area contributed by atoms with Crippen LogP contribution in [0.2, 0.25) is 0 Å². The molecule has 4 aromatic rings. The quantitative estimate of drug-likeness (QED) is 0.170. The van der Waals surface area contributed by atoms with Gasteiger partial charge in [0.15, 0.2) is 11.0 Å². The van der Waals surface area contributed by atoms with Crippen LogP contribution in [0.5, 0.6) is 0 Å². The largest absolute Gasteiger partial charge is 0.465 e. The highest BCUT2D eigenvalue weighted by molar-refractivity contribution is 7.99. The number of aromatic nitrogens is 3. The van der Waals surface area contributed by atoms with Crippen LogP contribution in [0.1, 0.15) is 47.5 Å². The number of ether oxygens (including phenoxy) is 1. The lowest BCUT2D eigenvalue weighted by atomic mass is 9.88. The van der Waals surface area contributed by atoms with Crippen LogP contribution >= 0.6 is 34.4 Å². The maximum Gasteiger partial charge on any atom is 0.341 e. The van der Waals surface area contributed by atoms with Crippen LogP contribution in [0, 0.1) is 11.7 Å². The van der Waals surface area contributed by atoms with Crippen LogP contribution in [0.15, 0.2) is 40.2 Å². The number of benzene rings is 1. The Balaban J connectivity index is 1.33. The van der Waals surface area contributed by atoms with Crippen LogP contribution in [-0.4, -0.2) is 39.5 Å². The van der Waals surface area contributed by atoms with Gasteiger partial charge in [0.25, 0.3) is 0 Å². The number of hydrogen-bond acceptors (Lipinski definition) is 8. The Morgan fingerprint density at radius 3 is 2.69 bits per heavy atom. The van der Waals surface area contributed by atoms with E-state index < -0.39 is 5.97 Å².